The van der Waals surface area contributed by atoms with Gasteiger partial charge in [-0.3, -0.25) is 0 Å². The highest BCUT2D eigenvalue weighted by Gasteiger charge is 2.44. The Morgan fingerprint density at radius 3 is 2.21 bits per heavy atom. The normalized spacial score (nSPS) is 27.6. The lowest BCUT2D eigenvalue weighted by Gasteiger charge is -2.40. The van der Waals surface area contributed by atoms with Gasteiger partial charge in [0.2, 0.25) is 0 Å². The molecule has 2 aromatic carbocycles. The summed E-state index contributed by atoms with van der Waals surface area (Å²) in [5, 5.41) is 39.8. The third-order valence-corrected chi connectivity index (χ3v) is 5.35. The van der Waals surface area contributed by atoms with E-state index in [2.05, 4.69) is 31.2 Å². The van der Waals surface area contributed by atoms with E-state index < -0.39 is 37.1 Å². The van der Waals surface area contributed by atoms with Crippen LogP contribution in [0.5, 0.6) is 5.75 Å². The van der Waals surface area contributed by atoms with Crippen molar-refractivity contribution in [2.75, 3.05) is 13.7 Å². The molecule has 3 rings (SSSR count). The van der Waals surface area contributed by atoms with Crippen LogP contribution in [0.15, 0.2) is 42.5 Å². The van der Waals surface area contributed by atoms with E-state index >= 15 is 0 Å². The number of rotatable bonds is 6. The van der Waals surface area contributed by atoms with Gasteiger partial charge in [-0.25, -0.2) is 0 Å². The second-order valence-electron chi connectivity index (χ2n) is 7.17. The van der Waals surface area contributed by atoms with Crippen LogP contribution in [0.25, 0.3) is 0 Å². The first kappa shape index (κ1) is 20.8. The quantitative estimate of drug-likeness (QED) is 0.596. The summed E-state index contributed by atoms with van der Waals surface area (Å²) in [5.74, 6) is 0.716. The molecule has 0 aliphatic carbocycles. The molecule has 0 saturated carbocycles. The summed E-state index contributed by atoms with van der Waals surface area (Å²) in [6.45, 7) is 1.66. The average molecular weight is 388 g/mol. The zero-order valence-electron chi connectivity index (χ0n) is 16.2. The summed E-state index contributed by atoms with van der Waals surface area (Å²) in [7, 11) is 1.60. The van der Waals surface area contributed by atoms with Crippen LogP contribution in [0.1, 0.15) is 35.3 Å². The Morgan fingerprint density at radius 2 is 1.61 bits per heavy atom. The first-order chi connectivity index (χ1) is 13.5. The van der Waals surface area contributed by atoms with Crippen molar-refractivity contribution in [2.24, 2.45) is 0 Å². The minimum absolute atomic E-state index is 0.450. The van der Waals surface area contributed by atoms with Gasteiger partial charge in [0.15, 0.2) is 0 Å². The molecule has 1 aliphatic heterocycles. The smallest absolute Gasteiger partial charge is 0.122 e. The Bertz CT molecular complexity index is 773. The lowest BCUT2D eigenvalue weighted by Crippen LogP contribution is -2.55. The van der Waals surface area contributed by atoms with E-state index in [9.17, 15) is 20.4 Å². The van der Waals surface area contributed by atoms with E-state index in [1.54, 1.807) is 19.2 Å². The van der Waals surface area contributed by atoms with Gasteiger partial charge in [0.1, 0.15) is 36.3 Å². The fourth-order valence-electron chi connectivity index (χ4n) is 3.60. The van der Waals surface area contributed by atoms with Crippen LogP contribution in [-0.2, 0) is 17.6 Å². The molecule has 1 heterocycles. The molecule has 0 bridgehead atoms. The highest BCUT2D eigenvalue weighted by Crippen LogP contribution is 2.35. The minimum atomic E-state index is -1.40. The van der Waals surface area contributed by atoms with Crippen LogP contribution in [0.4, 0.5) is 0 Å². The molecule has 1 saturated heterocycles. The van der Waals surface area contributed by atoms with Gasteiger partial charge in [-0.05, 0) is 40.8 Å². The molecule has 4 N–H and O–H groups in total. The Hall–Kier alpha value is -1.96. The van der Waals surface area contributed by atoms with Crippen molar-refractivity contribution in [1.82, 2.24) is 0 Å². The molecule has 0 radical (unpaired) electrons. The van der Waals surface area contributed by atoms with E-state index in [0.717, 1.165) is 17.5 Å². The first-order valence-electron chi connectivity index (χ1n) is 9.53. The number of aliphatic hydroxyl groups is 4. The molecule has 1 fully saturated rings. The molecule has 2 aromatic rings. The van der Waals surface area contributed by atoms with Gasteiger partial charge in [0.05, 0.1) is 13.7 Å². The van der Waals surface area contributed by atoms with Gasteiger partial charge in [-0.2, -0.15) is 0 Å². The molecular weight excluding hydrogens is 360 g/mol. The van der Waals surface area contributed by atoms with Crippen LogP contribution in [0.2, 0.25) is 0 Å². The summed E-state index contributed by atoms with van der Waals surface area (Å²) in [5.41, 5.74) is 3.96. The van der Waals surface area contributed by atoms with Gasteiger partial charge in [-0.1, -0.05) is 37.3 Å². The number of ether oxygens (including phenoxy) is 2. The molecule has 6 nitrogen and oxygen atoms in total. The third kappa shape index (κ3) is 4.21. The maximum Gasteiger partial charge on any atom is 0.122 e. The lowest BCUT2D eigenvalue weighted by molar-refractivity contribution is -0.231. The molecule has 0 unspecified atom stereocenters. The van der Waals surface area contributed by atoms with Crippen molar-refractivity contribution in [1.29, 1.82) is 0 Å². The van der Waals surface area contributed by atoms with E-state index in [1.807, 2.05) is 6.07 Å². The van der Waals surface area contributed by atoms with Crippen LogP contribution in [-0.4, -0.2) is 58.6 Å². The fraction of sp³-hybridized carbons (Fsp3) is 0.455. The second kappa shape index (κ2) is 9.03. The lowest BCUT2D eigenvalue weighted by atomic mass is 9.90. The predicted octanol–water partition coefficient (Wildman–Crippen LogP) is 1.36. The first-order valence-corrected chi connectivity index (χ1v) is 9.53. The van der Waals surface area contributed by atoms with Crippen molar-refractivity contribution in [3.63, 3.8) is 0 Å². The van der Waals surface area contributed by atoms with Crippen LogP contribution in [0, 0.1) is 0 Å². The minimum Gasteiger partial charge on any atom is -0.496 e. The van der Waals surface area contributed by atoms with E-state index in [0.29, 0.717) is 17.7 Å². The standard InChI is InChI=1S/C22H28O6/c1-3-13-4-6-14(7-5-13)10-16-11-15(8-9-17(16)27-2)22-21(26)20(25)19(24)18(12-23)28-22/h4-9,11,18-26H,3,10,12H2,1-2H3/t18-,19-,20+,21-,22+/m1/s1. The maximum atomic E-state index is 10.4. The van der Waals surface area contributed by atoms with Gasteiger partial charge in [-0.15, -0.1) is 0 Å². The SMILES string of the molecule is CCc1ccc(Cc2cc([C@@H]3O[C@H](CO)[C@@H](O)[C@H](O)[C@H]3O)ccc2OC)cc1. The number of hydrogen-bond donors (Lipinski definition) is 4. The molecule has 28 heavy (non-hydrogen) atoms. The van der Waals surface area contributed by atoms with Gasteiger partial charge in [0, 0.05) is 6.42 Å². The van der Waals surface area contributed by atoms with Crippen molar-refractivity contribution in [3.05, 3.63) is 64.7 Å². The molecule has 0 spiro atoms. The number of methoxy groups -OCH3 is 1. The second-order valence-corrected chi connectivity index (χ2v) is 7.17. The Balaban J connectivity index is 1.89. The Kier molecular flexibility index (Phi) is 6.69. The third-order valence-electron chi connectivity index (χ3n) is 5.35. The molecule has 0 aromatic heterocycles. The summed E-state index contributed by atoms with van der Waals surface area (Å²) in [6.07, 6.45) is -4.25. The zero-order valence-corrected chi connectivity index (χ0v) is 16.2. The molecule has 1 aliphatic rings. The Morgan fingerprint density at radius 1 is 0.929 bits per heavy atom. The maximum absolute atomic E-state index is 10.4. The average Bonchev–Trinajstić information content (AvgIpc) is 2.73. The number of aliphatic hydroxyl groups excluding tert-OH is 4. The van der Waals surface area contributed by atoms with Crippen LogP contribution < -0.4 is 4.74 Å². The van der Waals surface area contributed by atoms with Gasteiger partial charge in [0.25, 0.3) is 0 Å². The molecule has 0 amide bonds. The number of benzene rings is 2. The monoisotopic (exact) mass is 388 g/mol. The zero-order chi connectivity index (χ0) is 20.3. The van der Waals surface area contributed by atoms with E-state index in [-0.39, 0.29) is 0 Å². The summed E-state index contributed by atoms with van der Waals surface area (Å²) < 4.78 is 11.2. The molecule has 5 atom stereocenters. The summed E-state index contributed by atoms with van der Waals surface area (Å²) in [4.78, 5) is 0. The summed E-state index contributed by atoms with van der Waals surface area (Å²) in [6, 6.07) is 13.8. The Labute approximate surface area is 165 Å². The number of aryl methyl sites for hydroxylation is 1. The number of hydrogen-bond acceptors (Lipinski definition) is 6. The van der Waals surface area contributed by atoms with Gasteiger partial charge < -0.3 is 29.9 Å². The highest BCUT2D eigenvalue weighted by atomic mass is 16.5. The van der Waals surface area contributed by atoms with Gasteiger partial charge >= 0.3 is 0 Å². The molecular formula is C22H28O6. The van der Waals surface area contributed by atoms with Crippen molar-refractivity contribution >= 4 is 0 Å². The topological polar surface area (TPSA) is 99.4 Å². The van der Waals surface area contributed by atoms with Crippen molar-refractivity contribution < 1.29 is 29.9 Å². The predicted molar refractivity (Wildman–Crippen MR) is 104 cm³/mol. The van der Waals surface area contributed by atoms with Crippen molar-refractivity contribution in [2.45, 2.75) is 50.3 Å². The molecule has 6 heteroatoms. The van der Waals surface area contributed by atoms with Crippen molar-refractivity contribution in [3.8, 4) is 5.75 Å². The van der Waals surface area contributed by atoms with Crippen LogP contribution >= 0.6 is 0 Å². The summed E-state index contributed by atoms with van der Waals surface area (Å²) >= 11 is 0. The fourth-order valence-corrected chi connectivity index (χ4v) is 3.60. The van der Waals surface area contributed by atoms with Crippen LogP contribution in [0.3, 0.4) is 0 Å². The highest BCUT2D eigenvalue weighted by molar-refractivity contribution is 5.42. The molecule has 152 valence electrons. The van der Waals surface area contributed by atoms with E-state index in [1.165, 1.54) is 5.56 Å². The van der Waals surface area contributed by atoms with E-state index in [4.69, 9.17) is 9.47 Å². The largest absolute Gasteiger partial charge is 0.496 e.